The van der Waals surface area contributed by atoms with Crippen molar-refractivity contribution in [2.75, 3.05) is 26.2 Å². The Morgan fingerprint density at radius 1 is 1.07 bits per heavy atom. The van der Waals surface area contributed by atoms with Gasteiger partial charge in [-0.05, 0) is 55.8 Å². The van der Waals surface area contributed by atoms with Crippen molar-refractivity contribution in [3.8, 4) is 0 Å². The number of thiophene rings is 1. The zero-order valence-electron chi connectivity index (χ0n) is 16.9. The van der Waals surface area contributed by atoms with Gasteiger partial charge in [0.1, 0.15) is 0 Å². The van der Waals surface area contributed by atoms with Crippen LogP contribution in [0.4, 0.5) is 0 Å². The molecular weight excluding hydrogens is 382 g/mol. The van der Waals surface area contributed by atoms with Crippen LogP contribution in [0.5, 0.6) is 0 Å². The standard InChI is InChI=1S/C23H29N3O2S/c27-22(12-20-5-4-10-29-20)25-13-17-11-19(16-25)21-7-6-18(23(28)26(21)14-17)15-24-8-2-1-3-9-24/h4-7,10,17,19H,1-3,8-9,11-16H2/t17-,19+/m0/s1. The summed E-state index contributed by atoms with van der Waals surface area (Å²) in [5.41, 5.74) is 2.25. The van der Waals surface area contributed by atoms with E-state index in [0.29, 0.717) is 12.3 Å². The summed E-state index contributed by atoms with van der Waals surface area (Å²) < 4.78 is 2.03. The van der Waals surface area contributed by atoms with Crippen LogP contribution < -0.4 is 5.56 Å². The van der Waals surface area contributed by atoms with Crippen LogP contribution >= 0.6 is 11.3 Å². The number of nitrogens with zero attached hydrogens (tertiary/aromatic N) is 3. The molecule has 2 fully saturated rings. The van der Waals surface area contributed by atoms with Gasteiger partial charge in [0.05, 0.1) is 6.42 Å². The second kappa shape index (κ2) is 8.07. The van der Waals surface area contributed by atoms with Gasteiger partial charge < -0.3 is 9.47 Å². The van der Waals surface area contributed by atoms with Crippen molar-refractivity contribution in [3.63, 3.8) is 0 Å². The first-order valence-corrected chi connectivity index (χ1v) is 11.8. The van der Waals surface area contributed by atoms with Gasteiger partial charge in [-0.15, -0.1) is 11.3 Å². The second-order valence-electron chi connectivity index (χ2n) is 8.89. The molecule has 0 aromatic carbocycles. The fraction of sp³-hybridized carbons (Fsp3) is 0.565. The molecule has 2 saturated heterocycles. The Balaban J connectivity index is 1.33. The lowest BCUT2D eigenvalue weighted by Crippen LogP contribution is -2.50. The van der Waals surface area contributed by atoms with E-state index in [1.807, 2.05) is 27.0 Å². The molecule has 2 bridgehead atoms. The number of aromatic nitrogens is 1. The third-order valence-corrected chi connectivity index (χ3v) is 7.66. The number of amides is 1. The van der Waals surface area contributed by atoms with Gasteiger partial charge in [-0.3, -0.25) is 14.5 Å². The van der Waals surface area contributed by atoms with Crippen molar-refractivity contribution in [3.05, 3.63) is 56.1 Å². The SMILES string of the molecule is O=C(Cc1cccs1)N1C[C@@H]2C[C@H](C1)c1ccc(CN3CCCCC3)c(=O)n1C2. The molecule has 5 nitrogen and oxygen atoms in total. The molecule has 0 unspecified atom stereocenters. The number of hydrogen-bond acceptors (Lipinski definition) is 4. The van der Waals surface area contributed by atoms with E-state index >= 15 is 0 Å². The van der Waals surface area contributed by atoms with E-state index in [4.69, 9.17) is 0 Å². The molecule has 3 aliphatic rings. The monoisotopic (exact) mass is 411 g/mol. The highest BCUT2D eigenvalue weighted by Crippen LogP contribution is 2.35. The molecule has 5 rings (SSSR count). The third kappa shape index (κ3) is 3.92. The Kier molecular flexibility index (Phi) is 5.31. The lowest BCUT2D eigenvalue weighted by Gasteiger charge is -2.43. The Morgan fingerprint density at radius 3 is 2.72 bits per heavy atom. The highest BCUT2D eigenvalue weighted by molar-refractivity contribution is 7.10. The van der Waals surface area contributed by atoms with E-state index in [-0.39, 0.29) is 17.4 Å². The molecule has 154 valence electrons. The smallest absolute Gasteiger partial charge is 0.255 e. The summed E-state index contributed by atoms with van der Waals surface area (Å²) >= 11 is 1.65. The first kappa shape index (κ1) is 19.1. The number of fused-ring (bicyclic) bond motifs is 4. The molecule has 0 aliphatic carbocycles. The molecule has 29 heavy (non-hydrogen) atoms. The summed E-state index contributed by atoms with van der Waals surface area (Å²) in [6, 6.07) is 8.25. The van der Waals surface area contributed by atoms with Crippen molar-refractivity contribution in [2.24, 2.45) is 5.92 Å². The Bertz CT molecular complexity index is 930. The summed E-state index contributed by atoms with van der Waals surface area (Å²) in [7, 11) is 0. The number of hydrogen-bond donors (Lipinski definition) is 0. The van der Waals surface area contributed by atoms with Crippen LogP contribution in [0, 0.1) is 5.92 Å². The van der Waals surface area contributed by atoms with Crippen LogP contribution in [0.15, 0.2) is 34.4 Å². The highest BCUT2D eigenvalue weighted by Gasteiger charge is 2.36. The molecular formula is C23H29N3O2S. The van der Waals surface area contributed by atoms with E-state index in [0.717, 1.165) is 61.8 Å². The summed E-state index contributed by atoms with van der Waals surface area (Å²) in [6.45, 7) is 5.26. The third-order valence-electron chi connectivity index (χ3n) is 6.78. The lowest BCUT2D eigenvalue weighted by atomic mass is 9.82. The Morgan fingerprint density at radius 2 is 1.93 bits per heavy atom. The number of rotatable bonds is 4. The summed E-state index contributed by atoms with van der Waals surface area (Å²) in [5, 5.41) is 2.03. The van der Waals surface area contributed by atoms with Gasteiger partial charge in [0, 0.05) is 48.2 Å². The number of carbonyl (C=O) groups excluding carboxylic acids is 1. The zero-order chi connectivity index (χ0) is 19.8. The van der Waals surface area contributed by atoms with Gasteiger partial charge >= 0.3 is 0 Å². The molecule has 0 spiro atoms. The first-order chi connectivity index (χ1) is 14.2. The van der Waals surface area contributed by atoms with Gasteiger partial charge in [-0.25, -0.2) is 0 Å². The zero-order valence-corrected chi connectivity index (χ0v) is 17.7. The quantitative estimate of drug-likeness (QED) is 0.777. The fourth-order valence-electron chi connectivity index (χ4n) is 5.35. The molecule has 1 amide bonds. The maximum absolute atomic E-state index is 13.2. The number of piperidine rings is 2. The normalized spacial score (nSPS) is 24.3. The van der Waals surface area contributed by atoms with Gasteiger partial charge in [0.15, 0.2) is 0 Å². The van der Waals surface area contributed by atoms with Gasteiger partial charge in [0.25, 0.3) is 5.56 Å². The topological polar surface area (TPSA) is 45.6 Å². The van der Waals surface area contributed by atoms with Crippen LogP contribution in [0.2, 0.25) is 0 Å². The maximum atomic E-state index is 13.2. The predicted octanol–water partition coefficient (Wildman–Crippen LogP) is 3.08. The molecule has 5 heterocycles. The minimum atomic E-state index is 0.195. The van der Waals surface area contributed by atoms with E-state index in [9.17, 15) is 9.59 Å². The van der Waals surface area contributed by atoms with E-state index in [1.54, 1.807) is 11.3 Å². The lowest BCUT2D eigenvalue weighted by molar-refractivity contribution is -0.133. The minimum Gasteiger partial charge on any atom is -0.341 e. The van der Waals surface area contributed by atoms with Crippen molar-refractivity contribution in [1.82, 2.24) is 14.4 Å². The molecule has 3 aliphatic heterocycles. The van der Waals surface area contributed by atoms with Crippen LogP contribution in [0.25, 0.3) is 0 Å². The molecule has 2 aromatic heterocycles. The van der Waals surface area contributed by atoms with Gasteiger partial charge in [-0.1, -0.05) is 18.6 Å². The van der Waals surface area contributed by atoms with E-state index < -0.39 is 0 Å². The average molecular weight is 412 g/mol. The Labute approximate surface area is 175 Å². The average Bonchev–Trinajstić information content (AvgIpc) is 3.24. The van der Waals surface area contributed by atoms with Crippen molar-refractivity contribution in [1.29, 1.82) is 0 Å². The van der Waals surface area contributed by atoms with Crippen LogP contribution in [-0.4, -0.2) is 46.5 Å². The number of likely N-dealkylation sites (tertiary alicyclic amines) is 2. The molecule has 2 aromatic rings. The number of carbonyl (C=O) groups is 1. The summed E-state index contributed by atoms with van der Waals surface area (Å²) in [5.74, 6) is 0.891. The summed E-state index contributed by atoms with van der Waals surface area (Å²) in [4.78, 5) is 31.6. The maximum Gasteiger partial charge on any atom is 0.255 e. The van der Waals surface area contributed by atoms with E-state index in [1.165, 1.54) is 19.3 Å². The van der Waals surface area contributed by atoms with Crippen molar-refractivity contribution >= 4 is 17.2 Å². The molecule has 6 heteroatoms. The summed E-state index contributed by atoms with van der Waals surface area (Å²) in [6.07, 6.45) is 5.38. The fourth-order valence-corrected chi connectivity index (χ4v) is 6.04. The molecule has 0 saturated carbocycles. The van der Waals surface area contributed by atoms with Crippen LogP contribution in [-0.2, 0) is 24.3 Å². The van der Waals surface area contributed by atoms with E-state index in [2.05, 4.69) is 17.0 Å². The Hall–Kier alpha value is -1.92. The molecule has 0 N–H and O–H groups in total. The predicted molar refractivity (Wildman–Crippen MR) is 115 cm³/mol. The van der Waals surface area contributed by atoms with Gasteiger partial charge in [-0.2, -0.15) is 0 Å². The van der Waals surface area contributed by atoms with Crippen molar-refractivity contribution in [2.45, 2.75) is 51.1 Å². The molecule has 0 radical (unpaired) electrons. The largest absolute Gasteiger partial charge is 0.341 e. The van der Waals surface area contributed by atoms with Crippen molar-refractivity contribution < 1.29 is 4.79 Å². The first-order valence-electron chi connectivity index (χ1n) is 10.9. The minimum absolute atomic E-state index is 0.195. The highest BCUT2D eigenvalue weighted by atomic mass is 32.1. The van der Waals surface area contributed by atoms with Crippen LogP contribution in [0.1, 0.15) is 47.7 Å². The number of pyridine rings is 1. The second-order valence-corrected chi connectivity index (χ2v) is 9.92. The van der Waals surface area contributed by atoms with Crippen LogP contribution in [0.3, 0.4) is 0 Å². The van der Waals surface area contributed by atoms with Gasteiger partial charge in [0.2, 0.25) is 5.91 Å². The molecule has 2 atom stereocenters.